The van der Waals surface area contributed by atoms with Crippen LogP contribution in [0.2, 0.25) is 0 Å². The minimum absolute atomic E-state index is 0.0274. The van der Waals surface area contributed by atoms with Gasteiger partial charge in [0, 0.05) is 33.8 Å². The summed E-state index contributed by atoms with van der Waals surface area (Å²) in [7, 11) is -0.376. The minimum Gasteiger partial charge on any atom is -0.458 e. The molecule has 2 aliphatic heterocycles. The molecule has 2 aromatic rings. The van der Waals surface area contributed by atoms with Crippen molar-refractivity contribution in [1.82, 2.24) is 30.0 Å². The third-order valence-corrected chi connectivity index (χ3v) is 7.75. The summed E-state index contributed by atoms with van der Waals surface area (Å²) in [4.78, 5) is 30.9. The van der Waals surface area contributed by atoms with E-state index in [9.17, 15) is 22.4 Å². The number of fused-ring (bicyclic) bond motifs is 3. The molecule has 0 aliphatic carbocycles. The Hall–Kier alpha value is -2.95. The Morgan fingerprint density at radius 3 is 2.82 bits per heavy atom. The number of aromatic nitrogens is 2. The lowest BCUT2D eigenvalue weighted by Gasteiger charge is -2.17. The van der Waals surface area contributed by atoms with Crippen molar-refractivity contribution >= 4 is 22.0 Å². The predicted molar refractivity (Wildman–Crippen MR) is 137 cm³/mol. The molecule has 0 bridgehead atoms. The van der Waals surface area contributed by atoms with Crippen molar-refractivity contribution in [3.05, 3.63) is 47.3 Å². The molecule has 1 unspecified atom stereocenters. The summed E-state index contributed by atoms with van der Waals surface area (Å²) in [5, 5.41) is 3.86. The Morgan fingerprint density at radius 1 is 1.26 bits per heavy atom. The van der Waals surface area contributed by atoms with Gasteiger partial charge in [-0.05, 0) is 31.5 Å². The molecule has 1 amide bonds. The van der Waals surface area contributed by atoms with Crippen LogP contribution in [0.1, 0.15) is 39.9 Å². The van der Waals surface area contributed by atoms with Gasteiger partial charge in [0.2, 0.25) is 0 Å². The van der Waals surface area contributed by atoms with Crippen molar-refractivity contribution in [1.29, 1.82) is 0 Å². The Kier molecular flexibility index (Phi) is 9.30. The van der Waals surface area contributed by atoms with Crippen LogP contribution in [-0.4, -0.2) is 110 Å². The number of ether oxygens (including phenoxy) is 2. The molecule has 0 saturated carbocycles. The van der Waals surface area contributed by atoms with Crippen molar-refractivity contribution in [2.24, 2.45) is 0 Å². The molecule has 1 atom stereocenters. The normalized spacial score (nSPS) is 18.2. The Bertz CT molecular complexity index is 1300. The van der Waals surface area contributed by atoms with Crippen LogP contribution in [0.15, 0.2) is 24.5 Å². The molecule has 4 rings (SSSR count). The van der Waals surface area contributed by atoms with Crippen LogP contribution in [0.25, 0.3) is 5.69 Å². The van der Waals surface area contributed by atoms with Crippen LogP contribution in [-0.2, 0) is 30.3 Å². The highest BCUT2D eigenvalue weighted by Gasteiger charge is 2.30. The zero-order chi connectivity index (χ0) is 28.2. The number of halogens is 1. The van der Waals surface area contributed by atoms with Crippen molar-refractivity contribution in [3.8, 4) is 5.69 Å². The topological polar surface area (TPSA) is 136 Å². The van der Waals surface area contributed by atoms with E-state index in [1.807, 2.05) is 24.0 Å². The minimum atomic E-state index is -3.81. The fourth-order valence-electron chi connectivity index (χ4n) is 4.43. The van der Waals surface area contributed by atoms with E-state index in [1.54, 1.807) is 4.57 Å². The molecule has 2 aliphatic rings. The number of amides is 1. The molecule has 0 radical (unpaired) electrons. The maximum Gasteiger partial charge on any atom is 0.358 e. The van der Waals surface area contributed by atoms with Crippen molar-refractivity contribution in [2.45, 2.75) is 25.9 Å². The monoisotopic (exact) mass is 568 g/mol. The number of benzene rings is 1. The first-order valence-corrected chi connectivity index (χ1v) is 14.1. The lowest BCUT2D eigenvalue weighted by atomic mass is 10.1. The van der Waals surface area contributed by atoms with Gasteiger partial charge in [-0.15, -0.1) is 0 Å². The number of likely N-dealkylation sites (N-methyl/N-ethyl adjacent to an activating group) is 1. The Labute approximate surface area is 226 Å². The third-order valence-electron chi connectivity index (χ3n) is 6.44. The number of nitrogens with one attached hydrogen (secondary N) is 1. The van der Waals surface area contributed by atoms with E-state index in [0.717, 1.165) is 6.07 Å². The van der Waals surface area contributed by atoms with Gasteiger partial charge >= 0.3 is 5.97 Å². The molecule has 0 spiro atoms. The second-order valence-electron chi connectivity index (χ2n) is 9.28. The number of nitrogens with zero attached hydrogens (tertiary/aromatic N) is 5. The Balaban J connectivity index is 1.25. The zero-order valence-corrected chi connectivity index (χ0v) is 22.9. The van der Waals surface area contributed by atoms with Crippen LogP contribution in [0, 0.1) is 5.82 Å². The van der Waals surface area contributed by atoms with Gasteiger partial charge in [-0.25, -0.2) is 24.2 Å². The predicted octanol–water partition coefficient (Wildman–Crippen LogP) is 0.562. The van der Waals surface area contributed by atoms with E-state index in [0.29, 0.717) is 44.1 Å². The summed E-state index contributed by atoms with van der Waals surface area (Å²) in [6.45, 7) is 3.75. The molecule has 3 heterocycles. The molecule has 1 aromatic heterocycles. The van der Waals surface area contributed by atoms with Crippen molar-refractivity contribution < 1.29 is 36.1 Å². The average molecular weight is 569 g/mol. The van der Waals surface area contributed by atoms with E-state index in [2.05, 4.69) is 10.5 Å². The number of rotatable bonds is 12. The quantitative estimate of drug-likeness (QED) is 0.219. The van der Waals surface area contributed by atoms with Gasteiger partial charge in [0.25, 0.3) is 16.0 Å². The van der Waals surface area contributed by atoms with Crippen LogP contribution in [0.5, 0.6) is 0 Å². The molecule has 39 heavy (non-hydrogen) atoms. The van der Waals surface area contributed by atoms with Crippen molar-refractivity contribution in [3.63, 3.8) is 0 Å². The van der Waals surface area contributed by atoms with E-state index in [4.69, 9.17) is 13.7 Å². The van der Waals surface area contributed by atoms with Crippen LogP contribution >= 0.6 is 0 Å². The molecule has 1 fully saturated rings. The second-order valence-corrected chi connectivity index (χ2v) is 11.0. The molecule has 1 aromatic carbocycles. The summed E-state index contributed by atoms with van der Waals surface area (Å²) < 4.78 is 55.5. The fourth-order valence-corrected chi connectivity index (χ4v) is 5.35. The summed E-state index contributed by atoms with van der Waals surface area (Å²) in [5.74, 6) is -1.93. The van der Waals surface area contributed by atoms with Gasteiger partial charge in [-0.1, -0.05) is 0 Å². The standard InChI is InChI=1S/C24H33FN6O7S/c1-4-36-15-18-13-30(27-29(18)3)8-5-11-39(34,35)38-10-9-37-24(33)22-21-14-28(2)23(32)19-12-17(25)6-7-20(19)31(21)16-26-22/h6-7,12,16,18,27H,4-5,8-11,13-15H2,1-3H3. The molecular weight excluding hydrogens is 535 g/mol. The molecule has 1 N–H and O–H groups in total. The summed E-state index contributed by atoms with van der Waals surface area (Å²) in [6, 6.07) is 3.98. The highest BCUT2D eigenvalue weighted by atomic mass is 32.2. The highest BCUT2D eigenvalue weighted by molar-refractivity contribution is 7.86. The first kappa shape index (κ1) is 29.0. The SMILES string of the molecule is CCOCC1CN(CCCS(=O)(=O)OCCOC(=O)c2ncn3c2CN(C)C(=O)c2cc(F)ccc2-3)NN1C. The zero-order valence-electron chi connectivity index (χ0n) is 22.1. The van der Waals surface area contributed by atoms with Gasteiger partial charge in [0.15, 0.2) is 5.69 Å². The van der Waals surface area contributed by atoms with E-state index in [1.165, 1.54) is 30.4 Å². The van der Waals surface area contributed by atoms with Crippen LogP contribution in [0.3, 0.4) is 0 Å². The van der Waals surface area contributed by atoms with E-state index >= 15 is 0 Å². The fraction of sp³-hybridized carbons (Fsp3) is 0.542. The van der Waals surface area contributed by atoms with E-state index in [-0.39, 0.29) is 42.8 Å². The summed E-state index contributed by atoms with van der Waals surface area (Å²) >= 11 is 0. The number of carbonyl (C=O) groups excluding carboxylic acids is 2. The average Bonchev–Trinajstić information content (AvgIpc) is 3.44. The Morgan fingerprint density at radius 2 is 2.05 bits per heavy atom. The number of esters is 1. The number of imidazole rings is 1. The number of hydrazine groups is 2. The van der Waals surface area contributed by atoms with Crippen molar-refractivity contribution in [2.75, 3.05) is 59.4 Å². The molecule has 1 saturated heterocycles. The van der Waals surface area contributed by atoms with Gasteiger partial charge in [0.1, 0.15) is 25.4 Å². The molecular formula is C24H33FN6O7S. The second kappa shape index (κ2) is 12.5. The summed E-state index contributed by atoms with van der Waals surface area (Å²) in [5.41, 5.74) is 4.06. The van der Waals surface area contributed by atoms with Gasteiger partial charge in [0.05, 0.1) is 41.9 Å². The van der Waals surface area contributed by atoms with Crippen LogP contribution < -0.4 is 5.53 Å². The highest BCUT2D eigenvalue weighted by Crippen LogP contribution is 2.26. The first-order valence-electron chi connectivity index (χ1n) is 12.6. The lowest BCUT2D eigenvalue weighted by Crippen LogP contribution is -2.40. The largest absolute Gasteiger partial charge is 0.458 e. The smallest absolute Gasteiger partial charge is 0.358 e. The lowest BCUT2D eigenvalue weighted by molar-refractivity contribution is 0.0443. The first-order chi connectivity index (χ1) is 18.6. The number of hydrogen-bond donors (Lipinski definition) is 1. The van der Waals surface area contributed by atoms with Crippen LogP contribution in [0.4, 0.5) is 4.39 Å². The number of hydrogen-bond acceptors (Lipinski definition) is 11. The number of carbonyl (C=O) groups is 2. The maximum atomic E-state index is 13.8. The van der Waals surface area contributed by atoms with Gasteiger partial charge < -0.3 is 14.4 Å². The van der Waals surface area contributed by atoms with Gasteiger partial charge in [-0.2, -0.15) is 14.0 Å². The summed E-state index contributed by atoms with van der Waals surface area (Å²) in [6.07, 6.45) is 1.71. The molecule has 13 nitrogen and oxygen atoms in total. The third kappa shape index (κ3) is 6.98. The van der Waals surface area contributed by atoms with Gasteiger partial charge in [-0.3, -0.25) is 13.5 Å². The maximum absolute atomic E-state index is 13.8. The molecule has 214 valence electrons. The molecule has 15 heteroatoms. The van der Waals surface area contributed by atoms with E-state index < -0.39 is 27.8 Å².